The van der Waals surface area contributed by atoms with Gasteiger partial charge in [-0.05, 0) is 33.5 Å². The summed E-state index contributed by atoms with van der Waals surface area (Å²) in [6.07, 6.45) is 2.58. The number of nitrogens with zero attached hydrogens (tertiary/aromatic N) is 1. The molecule has 0 aliphatic heterocycles. The van der Waals surface area contributed by atoms with Crippen LogP contribution in [0.2, 0.25) is 0 Å². The van der Waals surface area contributed by atoms with E-state index in [4.69, 9.17) is 5.73 Å². The summed E-state index contributed by atoms with van der Waals surface area (Å²) in [6, 6.07) is -0.110. The summed E-state index contributed by atoms with van der Waals surface area (Å²) in [6.45, 7) is 7.45. The molecule has 1 atom stereocenters. The Hall–Kier alpha value is -0.870. The highest BCUT2D eigenvalue weighted by Gasteiger charge is 2.16. The third-order valence-electron chi connectivity index (χ3n) is 2.18. The lowest BCUT2D eigenvalue weighted by Crippen LogP contribution is -2.43. The predicted octanol–water partition coefficient (Wildman–Crippen LogP) is -0.0423. The lowest BCUT2D eigenvalue weighted by atomic mass is 10.2. The molecule has 82 valence electrons. The van der Waals surface area contributed by atoms with E-state index in [1.807, 2.05) is 18.9 Å². The van der Waals surface area contributed by atoms with Crippen molar-refractivity contribution in [3.05, 3.63) is 12.7 Å². The van der Waals surface area contributed by atoms with Crippen LogP contribution < -0.4 is 11.1 Å². The number of hydrogen-bond donors (Lipinski definition) is 2. The molecular weight excluding hydrogens is 178 g/mol. The second kappa shape index (κ2) is 7.53. The van der Waals surface area contributed by atoms with E-state index >= 15 is 0 Å². The molecule has 0 aromatic heterocycles. The predicted molar refractivity (Wildman–Crippen MR) is 59.0 cm³/mol. The third kappa shape index (κ3) is 4.99. The Bertz CT molecular complexity index is 182. The van der Waals surface area contributed by atoms with Crippen LogP contribution in [0.15, 0.2) is 12.7 Å². The van der Waals surface area contributed by atoms with Crippen LogP contribution in [0.25, 0.3) is 0 Å². The summed E-state index contributed by atoms with van der Waals surface area (Å²) in [5.41, 5.74) is 5.39. The van der Waals surface area contributed by atoms with E-state index in [0.717, 1.165) is 13.0 Å². The van der Waals surface area contributed by atoms with Gasteiger partial charge in [0, 0.05) is 6.54 Å². The lowest BCUT2D eigenvalue weighted by Gasteiger charge is -2.23. The topological polar surface area (TPSA) is 58.4 Å². The van der Waals surface area contributed by atoms with E-state index in [-0.39, 0.29) is 11.9 Å². The largest absolute Gasteiger partial charge is 0.351 e. The zero-order valence-corrected chi connectivity index (χ0v) is 9.12. The maximum atomic E-state index is 11.5. The molecule has 4 heteroatoms. The normalized spacial score (nSPS) is 12.6. The summed E-state index contributed by atoms with van der Waals surface area (Å²) in [4.78, 5) is 13.5. The van der Waals surface area contributed by atoms with Gasteiger partial charge in [-0.2, -0.15) is 0 Å². The van der Waals surface area contributed by atoms with Crippen LogP contribution in [0, 0.1) is 0 Å². The Morgan fingerprint density at radius 1 is 1.71 bits per heavy atom. The molecule has 0 saturated carbocycles. The van der Waals surface area contributed by atoms with E-state index in [1.54, 1.807) is 6.08 Å². The van der Waals surface area contributed by atoms with Crippen molar-refractivity contribution >= 4 is 5.91 Å². The molecule has 0 radical (unpaired) electrons. The number of nitrogens with two attached hydrogens (primary N) is 1. The SMILES string of the molecule is C=CCNC(=O)C(C)N(C)CCCN. The Kier molecular flexibility index (Phi) is 7.06. The molecule has 0 heterocycles. The van der Waals surface area contributed by atoms with Gasteiger partial charge in [-0.25, -0.2) is 0 Å². The quantitative estimate of drug-likeness (QED) is 0.566. The smallest absolute Gasteiger partial charge is 0.237 e. The maximum Gasteiger partial charge on any atom is 0.237 e. The van der Waals surface area contributed by atoms with E-state index in [1.165, 1.54) is 0 Å². The van der Waals surface area contributed by atoms with Gasteiger partial charge in [0.1, 0.15) is 0 Å². The Morgan fingerprint density at radius 3 is 2.86 bits per heavy atom. The minimum absolute atomic E-state index is 0.0319. The highest BCUT2D eigenvalue weighted by atomic mass is 16.2. The summed E-state index contributed by atoms with van der Waals surface area (Å²) < 4.78 is 0. The highest BCUT2D eigenvalue weighted by molar-refractivity contribution is 5.81. The zero-order valence-electron chi connectivity index (χ0n) is 9.12. The van der Waals surface area contributed by atoms with Crippen LogP contribution >= 0.6 is 0 Å². The van der Waals surface area contributed by atoms with Crippen LogP contribution in [0.5, 0.6) is 0 Å². The number of likely N-dealkylation sites (N-methyl/N-ethyl adjacent to an activating group) is 1. The summed E-state index contributed by atoms with van der Waals surface area (Å²) in [5.74, 6) is 0.0319. The van der Waals surface area contributed by atoms with Gasteiger partial charge in [0.15, 0.2) is 0 Å². The van der Waals surface area contributed by atoms with Gasteiger partial charge in [0.25, 0.3) is 0 Å². The monoisotopic (exact) mass is 199 g/mol. The van der Waals surface area contributed by atoms with Gasteiger partial charge >= 0.3 is 0 Å². The number of amides is 1. The van der Waals surface area contributed by atoms with E-state index in [2.05, 4.69) is 11.9 Å². The van der Waals surface area contributed by atoms with Gasteiger partial charge in [0.05, 0.1) is 6.04 Å². The fraction of sp³-hybridized carbons (Fsp3) is 0.700. The van der Waals surface area contributed by atoms with E-state index in [0.29, 0.717) is 13.1 Å². The summed E-state index contributed by atoms with van der Waals surface area (Å²) in [5, 5.41) is 2.76. The van der Waals surface area contributed by atoms with Crippen LogP contribution in [0.3, 0.4) is 0 Å². The first kappa shape index (κ1) is 13.1. The van der Waals surface area contributed by atoms with Crippen molar-refractivity contribution in [2.75, 3.05) is 26.7 Å². The minimum atomic E-state index is -0.110. The molecule has 0 aliphatic carbocycles. The molecule has 1 amide bonds. The molecule has 4 nitrogen and oxygen atoms in total. The molecule has 14 heavy (non-hydrogen) atoms. The molecule has 0 aliphatic rings. The van der Waals surface area contributed by atoms with Gasteiger partial charge in [-0.15, -0.1) is 6.58 Å². The molecule has 0 fully saturated rings. The van der Waals surface area contributed by atoms with Crippen LogP contribution in [-0.4, -0.2) is 43.5 Å². The van der Waals surface area contributed by atoms with Gasteiger partial charge in [0.2, 0.25) is 5.91 Å². The van der Waals surface area contributed by atoms with E-state index in [9.17, 15) is 4.79 Å². The van der Waals surface area contributed by atoms with Crippen LogP contribution in [-0.2, 0) is 4.79 Å². The second-order valence-corrected chi connectivity index (χ2v) is 3.33. The third-order valence-corrected chi connectivity index (χ3v) is 2.18. The van der Waals surface area contributed by atoms with Crippen molar-refractivity contribution in [3.63, 3.8) is 0 Å². The Balaban J connectivity index is 3.83. The molecule has 0 spiro atoms. The van der Waals surface area contributed by atoms with Crippen molar-refractivity contribution in [1.82, 2.24) is 10.2 Å². The first-order valence-corrected chi connectivity index (χ1v) is 4.92. The average molecular weight is 199 g/mol. The van der Waals surface area contributed by atoms with Crippen LogP contribution in [0.1, 0.15) is 13.3 Å². The number of hydrogen-bond acceptors (Lipinski definition) is 3. The number of rotatable bonds is 7. The molecule has 0 aromatic carbocycles. The average Bonchev–Trinajstić information content (AvgIpc) is 2.21. The molecule has 0 rings (SSSR count). The van der Waals surface area contributed by atoms with Gasteiger partial charge in [-0.3, -0.25) is 9.69 Å². The standard InChI is InChI=1S/C10H21N3O/c1-4-7-12-10(14)9(2)13(3)8-5-6-11/h4,9H,1,5-8,11H2,2-3H3,(H,12,14). The number of nitrogens with one attached hydrogen (secondary N) is 1. The summed E-state index contributed by atoms with van der Waals surface area (Å²) >= 11 is 0. The van der Waals surface area contributed by atoms with Crippen molar-refractivity contribution < 1.29 is 4.79 Å². The van der Waals surface area contributed by atoms with Crippen molar-refractivity contribution in [2.24, 2.45) is 5.73 Å². The molecule has 0 bridgehead atoms. The number of carbonyl (C=O) groups is 1. The second-order valence-electron chi connectivity index (χ2n) is 3.33. The van der Waals surface area contributed by atoms with Gasteiger partial charge < -0.3 is 11.1 Å². The highest BCUT2D eigenvalue weighted by Crippen LogP contribution is 1.96. The maximum absolute atomic E-state index is 11.5. The first-order chi connectivity index (χ1) is 6.63. The van der Waals surface area contributed by atoms with E-state index < -0.39 is 0 Å². The Morgan fingerprint density at radius 2 is 2.36 bits per heavy atom. The zero-order chi connectivity index (χ0) is 11.0. The minimum Gasteiger partial charge on any atom is -0.351 e. The molecule has 1 unspecified atom stereocenters. The lowest BCUT2D eigenvalue weighted by molar-refractivity contribution is -0.125. The van der Waals surface area contributed by atoms with Gasteiger partial charge in [-0.1, -0.05) is 6.08 Å². The fourth-order valence-electron chi connectivity index (χ4n) is 1.05. The van der Waals surface area contributed by atoms with Crippen LogP contribution in [0.4, 0.5) is 0 Å². The molecule has 0 aromatic rings. The number of carbonyl (C=O) groups excluding carboxylic acids is 1. The Labute approximate surface area is 86.1 Å². The molecule has 0 saturated heterocycles. The van der Waals surface area contributed by atoms with Crippen molar-refractivity contribution in [3.8, 4) is 0 Å². The van der Waals surface area contributed by atoms with Crippen molar-refractivity contribution in [2.45, 2.75) is 19.4 Å². The fourth-order valence-corrected chi connectivity index (χ4v) is 1.05. The summed E-state index contributed by atoms with van der Waals surface area (Å²) in [7, 11) is 1.92. The first-order valence-electron chi connectivity index (χ1n) is 4.92. The van der Waals surface area contributed by atoms with Crippen molar-refractivity contribution in [1.29, 1.82) is 0 Å². The molecule has 3 N–H and O–H groups in total. The molecular formula is C10H21N3O.